The molecule has 1 heterocycles. The first-order chi connectivity index (χ1) is 23.6. The zero-order chi connectivity index (χ0) is 36.7. The molecule has 7 nitrogen and oxygen atoms in total. The van der Waals surface area contributed by atoms with Crippen LogP contribution in [0.5, 0.6) is 11.5 Å². The minimum absolute atomic E-state index is 0.00296. The van der Waals surface area contributed by atoms with Crippen molar-refractivity contribution in [1.29, 1.82) is 0 Å². The quantitative estimate of drug-likeness (QED) is 0.119. The van der Waals surface area contributed by atoms with Crippen LogP contribution in [0.4, 0.5) is 0 Å². The number of nitrogens with zero attached hydrogens (tertiary/aromatic N) is 1. The molecule has 2 N–H and O–H groups in total. The Kier molecular flexibility index (Phi) is 13.0. The maximum atomic E-state index is 14.2. The molecule has 3 aromatic carbocycles. The van der Waals surface area contributed by atoms with Crippen molar-refractivity contribution >= 4 is 14.2 Å². The van der Waals surface area contributed by atoms with Gasteiger partial charge in [-0.2, -0.15) is 0 Å². The normalized spacial score (nSPS) is 17.9. The largest absolute Gasteiger partial charge is 0.497 e. The molecule has 1 fully saturated rings. The van der Waals surface area contributed by atoms with Crippen molar-refractivity contribution in [3.05, 3.63) is 95.6 Å². The van der Waals surface area contributed by atoms with Gasteiger partial charge in [-0.1, -0.05) is 96.1 Å². The highest BCUT2D eigenvalue weighted by molar-refractivity contribution is 6.74. The van der Waals surface area contributed by atoms with Crippen LogP contribution < -0.4 is 15.2 Å². The second-order valence-corrected chi connectivity index (χ2v) is 21.0. The van der Waals surface area contributed by atoms with Gasteiger partial charge in [-0.05, 0) is 96.2 Å². The summed E-state index contributed by atoms with van der Waals surface area (Å²) in [6, 6.07) is 26.4. The van der Waals surface area contributed by atoms with Gasteiger partial charge in [-0.3, -0.25) is 4.79 Å². The van der Waals surface area contributed by atoms with Gasteiger partial charge in [-0.15, -0.1) is 0 Å². The van der Waals surface area contributed by atoms with Crippen LogP contribution in [0.15, 0.2) is 78.9 Å². The minimum atomic E-state index is -2.09. The predicted octanol–water partition coefficient (Wildman–Crippen LogP) is 8.79. The maximum absolute atomic E-state index is 14.2. The first-order valence-corrected chi connectivity index (χ1v) is 21.1. The number of amides is 1. The van der Waals surface area contributed by atoms with Gasteiger partial charge >= 0.3 is 0 Å². The van der Waals surface area contributed by atoms with Crippen LogP contribution >= 0.6 is 0 Å². The number of carbonyl (C=O) groups is 1. The van der Waals surface area contributed by atoms with Crippen LogP contribution in [0.3, 0.4) is 0 Å². The fraction of sp³-hybridized carbons (Fsp3) is 0.548. The summed E-state index contributed by atoms with van der Waals surface area (Å²) in [6.45, 7) is 19.7. The number of rotatable bonds is 16. The summed E-state index contributed by atoms with van der Waals surface area (Å²) in [5, 5.41) is 0.0603. The Labute approximate surface area is 303 Å². The van der Waals surface area contributed by atoms with E-state index in [0.717, 1.165) is 47.5 Å². The average molecular weight is 703 g/mol. The van der Waals surface area contributed by atoms with E-state index in [-0.39, 0.29) is 28.5 Å². The van der Waals surface area contributed by atoms with Crippen molar-refractivity contribution in [2.75, 3.05) is 33.9 Å². The molecule has 0 saturated carbocycles. The summed E-state index contributed by atoms with van der Waals surface area (Å²) in [4.78, 5) is 16.3. The third kappa shape index (κ3) is 9.00. The van der Waals surface area contributed by atoms with E-state index in [2.05, 4.69) is 95.9 Å². The average Bonchev–Trinajstić information content (AvgIpc) is 3.50. The molecule has 4 rings (SSSR count). The molecule has 1 amide bonds. The van der Waals surface area contributed by atoms with Crippen molar-refractivity contribution in [3.63, 3.8) is 0 Å². The molecule has 0 radical (unpaired) electrons. The number of benzene rings is 3. The minimum Gasteiger partial charge on any atom is -0.497 e. The van der Waals surface area contributed by atoms with Crippen LogP contribution in [-0.4, -0.2) is 65.2 Å². The Hall–Kier alpha value is -3.17. The number of hydrogen-bond donors (Lipinski definition) is 1. The van der Waals surface area contributed by atoms with E-state index in [1.54, 1.807) is 14.2 Å². The molecule has 1 saturated heterocycles. The van der Waals surface area contributed by atoms with E-state index in [0.29, 0.717) is 32.0 Å². The molecule has 274 valence electrons. The molecule has 3 atom stereocenters. The van der Waals surface area contributed by atoms with Crippen LogP contribution in [0.25, 0.3) is 0 Å². The van der Waals surface area contributed by atoms with Gasteiger partial charge in [0.2, 0.25) is 5.91 Å². The van der Waals surface area contributed by atoms with E-state index in [9.17, 15) is 4.79 Å². The maximum Gasteiger partial charge on any atom is 0.223 e. The van der Waals surface area contributed by atoms with Crippen LogP contribution in [0.1, 0.15) is 83.9 Å². The Bertz CT molecular complexity index is 1450. The summed E-state index contributed by atoms with van der Waals surface area (Å²) in [7, 11) is 1.26. The Morgan fingerprint density at radius 2 is 1.38 bits per heavy atom. The van der Waals surface area contributed by atoms with Crippen molar-refractivity contribution < 1.29 is 23.4 Å². The standard InChI is InChI=1S/C42H62N2O5Si/c1-31(25-27-43)41(5,6)26-24-39(45)44-29-38(49-50(9,10)40(2,3)4)28-35(44)30-48-42(32-14-12-11-13-15-32,33-16-20-36(46-7)21-17-33)34-18-22-37(47-8)23-19-34/h11-23,31,35,38H,24-30,43H2,1-10H3/t31?,35-,38+/m0/s1. The number of likely N-dealkylation sites (tertiary alicyclic amines) is 1. The van der Waals surface area contributed by atoms with E-state index in [4.69, 9.17) is 24.4 Å². The zero-order valence-electron chi connectivity index (χ0n) is 32.3. The first kappa shape index (κ1) is 39.6. The molecule has 8 heteroatoms. The molecular formula is C42H62N2O5Si. The molecule has 1 unspecified atom stereocenters. The lowest BCUT2D eigenvalue weighted by Crippen LogP contribution is -2.45. The van der Waals surface area contributed by atoms with Gasteiger partial charge in [0.1, 0.15) is 17.1 Å². The molecule has 0 aliphatic carbocycles. The summed E-state index contributed by atoms with van der Waals surface area (Å²) >= 11 is 0. The number of methoxy groups -OCH3 is 2. The number of nitrogens with two attached hydrogens (primary N) is 1. The number of carbonyl (C=O) groups excluding carboxylic acids is 1. The zero-order valence-corrected chi connectivity index (χ0v) is 33.3. The fourth-order valence-corrected chi connectivity index (χ4v) is 8.13. The highest BCUT2D eigenvalue weighted by atomic mass is 28.4. The molecule has 0 bridgehead atoms. The lowest BCUT2D eigenvalue weighted by molar-refractivity contribution is -0.135. The van der Waals surface area contributed by atoms with Crippen molar-refractivity contribution in [2.45, 2.75) is 103 Å². The van der Waals surface area contributed by atoms with Gasteiger partial charge in [0.25, 0.3) is 0 Å². The molecule has 50 heavy (non-hydrogen) atoms. The third-order valence-electron chi connectivity index (χ3n) is 11.5. The van der Waals surface area contributed by atoms with Gasteiger partial charge in [0.05, 0.1) is 33.0 Å². The van der Waals surface area contributed by atoms with Crippen molar-refractivity contribution in [2.24, 2.45) is 17.1 Å². The highest BCUT2D eigenvalue weighted by Gasteiger charge is 2.45. The van der Waals surface area contributed by atoms with Gasteiger partial charge in [0.15, 0.2) is 8.32 Å². The molecule has 1 aliphatic heterocycles. The lowest BCUT2D eigenvalue weighted by Gasteiger charge is -2.38. The monoisotopic (exact) mass is 702 g/mol. The predicted molar refractivity (Wildman–Crippen MR) is 206 cm³/mol. The molecule has 0 aromatic heterocycles. The van der Waals surface area contributed by atoms with E-state index in [1.807, 2.05) is 42.5 Å². The summed E-state index contributed by atoms with van der Waals surface area (Å²) in [6.07, 6.45) is 2.90. The van der Waals surface area contributed by atoms with Crippen molar-refractivity contribution in [3.8, 4) is 11.5 Å². The van der Waals surface area contributed by atoms with Gasteiger partial charge < -0.3 is 29.3 Å². The molecule has 3 aromatic rings. The van der Waals surface area contributed by atoms with Crippen LogP contribution in [0, 0.1) is 11.3 Å². The van der Waals surface area contributed by atoms with E-state index in [1.165, 1.54) is 0 Å². The summed E-state index contributed by atoms with van der Waals surface area (Å²) < 4.78 is 25.4. The highest BCUT2D eigenvalue weighted by Crippen LogP contribution is 2.44. The topological polar surface area (TPSA) is 83.2 Å². The van der Waals surface area contributed by atoms with E-state index < -0.39 is 13.9 Å². The Morgan fingerprint density at radius 3 is 1.86 bits per heavy atom. The van der Waals surface area contributed by atoms with Crippen molar-refractivity contribution in [1.82, 2.24) is 4.90 Å². The number of ether oxygens (including phenoxy) is 3. The van der Waals surface area contributed by atoms with E-state index >= 15 is 0 Å². The molecular weight excluding hydrogens is 641 g/mol. The second kappa shape index (κ2) is 16.4. The lowest BCUT2D eigenvalue weighted by atomic mass is 9.75. The molecule has 1 aliphatic rings. The third-order valence-corrected chi connectivity index (χ3v) is 16.1. The van der Waals surface area contributed by atoms with Gasteiger partial charge in [-0.25, -0.2) is 0 Å². The first-order valence-electron chi connectivity index (χ1n) is 18.2. The number of hydrogen-bond acceptors (Lipinski definition) is 6. The van der Waals surface area contributed by atoms with Gasteiger partial charge in [0, 0.05) is 13.0 Å². The van der Waals surface area contributed by atoms with Crippen LogP contribution in [0.2, 0.25) is 18.1 Å². The Balaban J connectivity index is 1.74. The fourth-order valence-electron chi connectivity index (χ4n) is 6.77. The second-order valence-electron chi connectivity index (χ2n) is 16.2. The molecule has 0 spiro atoms. The SMILES string of the molecule is COc1ccc(C(OC[C@@H]2C[C@@H](O[Si](C)(C)C(C)(C)C)CN2C(=O)CCC(C)(C)C(C)CCN)(c2ccccc2)c2ccc(OC)cc2)cc1. The summed E-state index contributed by atoms with van der Waals surface area (Å²) in [5.41, 5.74) is 7.88. The van der Waals surface area contributed by atoms with Crippen LogP contribution in [-0.2, 0) is 19.6 Å². The summed E-state index contributed by atoms with van der Waals surface area (Å²) in [5.74, 6) is 2.12. The Morgan fingerprint density at radius 1 is 0.860 bits per heavy atom. The smallest absolute Gasteiger partial charge is 0.223 e.